The molecule has 108 valence electrons. The molecule has 1 atom stereocenters. The molecule has 0 amide bonds. The molecule has 0 radical (unpaired) electrons. The van der Waals surface area contributed by atoms with E-state index in [-0.39, 0.29) is 10.6 Å². The molecule has 20 heavy (non-hydrogen) atoms. The molecule has 2 fully saturated rings. The quantitative estimate of drug-likeness (QED) is 0.663. The Labute approximate surface area is 119 Å². The first-order valence-corrected chi connectivity index (χ1v) is 7.41. The molecule has 1 saturated carbocycles. The van der Waals surface area contributed by atoms with Crippen molar-refractivity contribution in [2.45, 2.75) is 44.7 Å². The molecule has 0 bridgehead atoms. The van der Waals surface area contributed by atoms with Crippen molar-refractivity contribution in [2.75, 3.05) is 18.0 Å². The smallest absolute Gasteiger partial charge is 0.292 e. The number of nitro benzene ring substituents is 1. The van der Waals surface area contributed by atoms with Gasteiger partial charge in [-0.1, -0.05) is 12.1 Å². The normalized spacial score (nSPS) is 21.9. The Morgan fingerprint density at radius 3 is 2.80 bits per heavy atom. The van der Waals surface area contributed by atoms with Gasteiger partial charge in [-0.05, 0) is 44.7 Å². The van der Waals surface area contributed by atoms with Gasteiger partial charge in [0.15, 0.2) is 0 Å². The van der Waals surface area contributed by atoms with Gasteiger partial charge in [-0.25, -0.2) is 0 Å². The van der Waals surface area contributed by atoms with Gasteiger partial charge in [-0.2, -0.15) is 0 Å². The third-order valence-corrected chi connectivity index (χ3v) is 4.27. The maximum atomic E-state index is 11.3. The van der Waals surface area contributed by atoms with Crippen LogP contribution in [0.25, 0.3) is 0 Å². The first-order chi connectivity index (χ1) is 9.66. The molecule has 5 nitrogen and oxygen atoms in total. The van der Waals surface area contributed by atoms with Crippen LogP contribution in [0.15, 0.2) is 18.2 Å². The van der Waals surface area contributed by atoms with Crippen LogP contribution in [-0.4, -0.2) is 30.1 Å². The summed E-state index contributed by atoms with van der Waals surface area (Å²) >= 11 is 0. The number of rotatable bonds is 5. The largest absolute Gasteiger partial charge is 0.361 e. The molecular weight excluding hydrogens is 254 g/mol. The highest BCUT2D eigenvalue weighted by molar-refractivity contribution is 5.68. The number of nitro groups is 1. The molecule has 1 aliphatic carbocycles. The van der Waals surface area contributed by atoms with E-state index in [0.29, 0.717) is 12.1 Å². The predicted octanol–water partition coefficient (Wildman–Crippen LogP) is 2.62. The van der Waals surface area contributed by atoms with Gasteiger partial charge in [0.2, 0.25) is 0 Å². The van der Waals surface area contributed by atoms with Gasteiger partial charge in [0.25, 0.3) is 5.69 Å². The van der Waals surface area contributed by atoms with Gasteiger partial charge < -0.3 is 10.2 Å². The highest BCUT2D eigenvalue weighted by Gasteiger charge is 2.35. The van der Waals surface area contributed by atoms with E-state index in [2.05, 4.69) is 10.2 Å². The fourth-order valence-corrected chi connectivity index (χ4v) is 3.12. The summed E-state index contributed by atoms with van der Waals surface area (Å²) in [6.45, 7) is 3.93. The average Bonchev–Trinajstić information content (AvgIpc) is 3.13. The zero-order valence-electron chi connectivity index (χ0n) is 11.8. The Kier molecular flexibility index (Phi) is 3.61. The standard InChI is InChI=1S/C15H21N3O2/c1-11-4-2-6-14(18(19)20)15(11)17(13-7-8-13)10-12-5-3-9-16-12/h2,4,6,12-13,16H,3,5,7-10H2,1H3. The van der Waals surface area contributed by atoms with E-state index in [1.54, 1.807) is 12.1 Å². The summed E-state index contributed by atoms with van der Waals surface area (Å²) in [4.78, 5) is 13.3. The van der Waals surface area contributed by atoms with Crippen molar-refractivity contribution in [1.29, 1.82) is 0 Å². The number of para-hydroxylation sites is 1. The summed E-state index contributed by atoms with van der Waals surface area (Å²) in [6, 6.07) is 6.32. The molecule has 1 heterocycles. The minimum atomic E-state index is -0.250. The van der Waals surface area contributed by atoms with Crippen molar-refractivity contribution in [2.24, 2.45) is 0 Å². The lowest BCUT2D eigenvalue weighted by molar-refractivity contribution is -0.384. The maximum absolute atomic E-state index is 11.3. The van der Waals surface area contributed by atoms with Crippen LogP contribution in [0.4, 0.5) is 11.4 Å². The lowest BCUT2D eigenvalue weighted by Gasteiger charge is -2.29. The molecule has 0 spiro atoms. The number of benzene rings is 1. The molecular formula is C15H21N3O2. The lowest BCUT2D eigenvalue weighted by atomic mass is 10.1. The number of aryl methyl sites for hydroxylation is 1. The summed E-state index contributed by atoms with van der Waals surface area (Å²) in [5, 5.41) is 14.8. The van der Waals surface area contributed by atoms with Gasteiger partial charge >= 0.3 is 0 Å². The molecule has 1 N–H and O–H groups in total. The van der Waals surface area contributed by atoms with Gasteiger partial charge in [-0.3, -0.25) is 10.1 Å². The van der Waals surface area contributed by atoms with Gasteiger partial charge in [0.1, 0.15) is 5.69 Å². The van der Waals surface area contributed by atoms with Crippen molar-refractivity contribution < 1.29 is 4.92 Å². The average molecular weight is 275 g/mol. The van der Waals surface area contributed by atoms with Crippen molar-refractivity contribution in [3.8, 4) is 0 Å². The van der Waals surface area contributed by atoms with Gasteiger partial charge in [0, 0.05) is 24.7 Å². The van der Waals surface area contributed by atoms with E-state index < -0.39 is 0 Å². The molecule has 1 aromatic rings. The second-order valence-electron chi connectivity index (χ2n) is 5.88. The second-order valence-corrected chi connectivity index (χ2v) is 5.88. The van der Waals surface area contributed by atoms with E-state index in [0.717, 1.165) is 37.2 Å². The van der Waals surface area contributed by atoms with E-state index in [9.17, 15) is 10.1 Å². The Bertz CT molecular complexity index is 508. The minimum Gasteiger partial charge on any atom is -0.361 e. The van der Waals surface area contributed by atoms with Crippen molar-refractivity contribution in [3.05, 3.63) is 33.9 Å². The topological polar surface area (TPSA) is 58.4 Å². The molecule has 5 heteroatoms. The Hall–Kier alpha value is -1.62. The molecule has 1 aliphatic heterocycles. The van der Waals surface area contributed by atoms with Crippen LogP contribution in [0.3, 0.4) is 0 Å². The molecule has 0 aromatic heterocycles. The van der Waals surface area contributed by atoms with E-state index >= 15 is 0 Å². The third-order valence-electron chi connectivity index (χ3n) is 4.27. The van der Waals surface area contributed by atoms with Gasteiger partial charge in [0.05, 0.1) is 4.92 Å². The summed E-state index contributed by atoms with van der Waals surface area (Å²) in [7, 11) is 0. The fraction of sp³-hybridized carbons (Fsp3) is 0.600. The van der Waals surface area contributed by atoms with Crippen LogP contribution < -0.4 is 10.2 Å². The lowest BCUT2D eigenvalue weighted by Crippen LogP contribution is -2.39. The second kappa shape index (κ2) is 5.40. The highest BCUT2D eigenvalue weighted by atomic mass is 16.6. The van der Waals surface area contributed by atoms with E-state index in [1.807, 2.05) is 13.0 Å². The zero-order valence-corrected chi connectivity index (χ0v) is 11.8. The van der Waals surface area contributed by atoms with Crippen LogP contribution in [-0.2, 0) is 0 Å². The molecule has 1 aromatic carbocycles. The molecule has 1 saturated heterocycles. The van der Waals surface area contributed by atoms with Crippen molar-refractivity contribution >= 4 is 11.4 Å². The summed E-state index contributed by atoms with van der Waals surface area (Å²) < 4.78 is 0. The minimum absolute atomic E-state index is 0.245. The number of nitrogens with one attached hydrogen (secondary N) is 1. The van der Waals surface area contributed by atoms with Gasteiger partial charge in [-0.15, -0.1) is 0 Å². The number of hydrogen-bond donors (Lipinski definition) is 1. The fourth-order valence-electron chi connectivity index (χ4n) is 3.12. The number of hydrogen-bond acceptors (Lipinski definition) is 4. The van der Waals surface area contributed by atoms with E-state index in [4.69, 9.17) is 0 Å². The highest BCUT2D eigenvalue weighted by Crippen LogP contribution is 2.39. The zero-order chi connectivity index (χ0) is 14.1. The van der Waals surface area contributed by atoms with Crippen LogP contribution in [0.2, 0.25) is 0 Å². The number of anilines is 1. The Morgan fingerprint density at radius 1 is 1.40 bits per heavy atom. The summed E-state index contributed by atoms with van der Waals surface area (Å²) in [5.74, 6) is 0. The Balaban J connectivity index is 1.92. The molecule has 2 aliphatic rings. The molecule has 3 rings (SSSR count). The number of nitrogens with zero attached hydrogens (tertiary/aromatic N) is 2. The van der Waals surface area contributed by atoms with Crippen LogP contribution >= 0.6 is 0 Å². The summed E-state index contributed by atoms with van der Waals surface area (Å²) in [5.41, 5.74) is 2.08. The molecule has 1 unspecified atom stereocenters. The van der Waals surface area contributed by atoms with E-state index in [1.165, 1.54) is 12.8 Å². The first kappa shape index (κ1) is 13.4. The SMILES string of the molecule is Cc1cccc([N+](=O)[O-])c1N(CC1CCCN1)C1CC1. The van der Waals surface area contributed by atoms with Crippen LogP contribution in [0.5, 0.6) is 0 Å². The first-order valence-electron chi connectivity index (χ1n) is 7.41. The third kappa shape index (κ3) is 2.63. The van der Waals surface area contributed by atoms with Crippen LogP contribution in [0.1, 0.15) is 31.2 Å². The predicted molar refractivity (Wildman–Crippen MR) is 79.2 cm³/mol. The monoisotopic (exact) mass is 275 g/mol. The maximum Gasteiger partial charge on any atom is 0.292 e. The summed E-state index contributed by atoms with van der Waals surface area (Å²) in [6.07, 6.45) is 4.68. The van der Waals surface area contributed by atoms with Crippen molar-refractivity contribution in [3.63, 3.8) is 0 Å². The van der Waals surface area contributed by atoms with Crippen LogP contribution in [0, 0.1) is 17.0 Å². The van der Waals surface area contributed by atoms with Crippen molar-refractivity contribution in [1.82, 2.24) is 5.32 Å². The Morgan fingerprint density at radius 2 is 2.20 bits per heavy atom.